The molecule has 0 aliphatic carbocycles. The Bertz CT molecular complexity index is 572. The molecule has 0 saturated heterocycles. The number of rotatable bonds is 1. The minimum absolute atomic E-state index is 0.0219. The van der Waals surface area contributed by atoms with Gasteiger partial charge < -0.3 is 9.47 Å². The molecule has 0 spiro atoms. The zero-order valence-corrected chi connectivity index (χ0v) is 9.72. The van der Waals surface area contributed by atoms with Gasteiger partial charge in [-0.2, -0.15) is 0 Å². The van der Waals surface area contributed by atoms with Crippen molar-refractivity contribution in [2.24, 2.45) is 0 Å². The van der Waals surface area contributed by atoms with Gasteiger partial charge in [0, 0.05) is 6.54 Å². The molecule has 89 valence electrons. The number of benzene rings is 2. The lowest BCUT2D eigenvalue weighted by Gasteiger charge is -2.16. The lowest BCUT2D eigenvalue weighted by atomic mass is 10.1. The maximum Gasteiger partial charge on any atom is 0.352 e. The van der Waals surface area contributed by atoms with Crippen LogP contribution < -0.4 is 14.8 Å². The molecule has 0 saturated carbocycles. The first-order valence-electron chi connectivity index (χ1n) is 6.04. The molecule has 3 nitrogen and oxygen atoms in total. The molecule has 1 N–H and O–H groups in total. The molecule has 0 fully saturated rings. The quantitative estimate of drug-likeness (QED) is 0.828. The molecule has 0 aromatic heterocycles. The molecule has 1 unspecified atom stereocenters. The van der Waals surface area contributed by atoms with Crippen LogP contribution in [-0.2, 0) is 6.54 Å². The van der Waals surface area contributed by atoms with Crippen LogP contribution in [0.5, 0.6) is 11.5 Å². The maximum atomic E-state index is 5.78. The summed E-state index contributed by atoms with van der Waals surface area (Å²) in [6.45, 7) is 0.855. The second kappa shape index (κ2) is 3.75. The van der Waals surface area contributed by atoms with Crippen LogP contribution in [0, 0.1) is 6.29 Å². The molecule has 3 heteroatoms. The van der Waals surface area contributed by atoms with Crippen molar-refractivity contribution >= 4 is 0 Å². The van der Waals surface area contributed by atoms with Crippen molar-refractivity contribution in [3.63, 3.8) is 0 Å². The van der Waals surface area contributed by atoms with Crippen LogP contribution in [0.15, 0.2) is 48.5 Å². The van der Waals surface area contributed by atoms with Gasteiger partial charge >= 0.3 is 6.29 Å². The Morgan fingerprint density at radius 1 is 0.889 bits per heavy atom. The lowest BCUT2D eigenvalue weighted by Crippen LogP contribution is -2.25. The van der Waals surface area contributed by atoms with Crippen LogP contribution in [0.4, 0.5) is 0 Å². The number of para-hydroxylation sites is 2. The molecule has 2 aliphatic rings. The van der Waals surface area contributed by atoms with E-state index in [-0.39, 0.29) is 6.04 Å². The van der Waals surface area contributed by atoms with Gasteiger partial charge in [0.1, 0.15) is 6.04 Å². The van der Waals surface area contributed by atoms with E-state index >= 15 is 0 Å². The zero-order chi connectivity index (χ0) is 11.9. The van der Waals surface area contributed by atoms with Crippen LogP contribution in [0.25, 0.3) is 0 Å². The summed E-state index contributed by atoms with van der Waals surface area (Å²) in [5, 5.41) is 3.41. The van der Waals surface area contributed by atoms with Crippen molar-refractivity contribution in [2.45, 2.75) is 12.6 Å². The molecule has 2 heterocycles. The van der Waals surface area contributed by atoms with Gasteiger partial charge in [-0.1, -0.05) is 36.4 Å². The van der Waals surface area contributed by atoms with Gasteiger partial charge in [-0.05, 0) is 23.3 Å². The van der Waals surface area contributed by atoms with E-state index in [2.05, 4.69) is 23.5 Å². The second-order valence-corrected chi connectivity index (χ2v) is 4.48. The van der Waals surface area contributed by atoms with E-state index in [0.717, 1.165) is 18.0 Å². The van der Waals surface area contributed by atoms with Gasteiger partial charge in [-0.15, -0.1) is 0 Å². The highest BCUT2D eigenvalue weighted by molar-refractivity contribution is 5.46. The monoisotopic (exact) mass is 238 g/mol. The number of ether oxygens (including phenoxy) is 2. The summed E-state index contributed by atoms with van der Waals surface area (Å²) in [5.74, 6) is 1.58. The number of hydrogen-bond donors (Lipinski definition) is 1. The molecular formula is C15H12NO2. The smallest absolute Gasteiger partial charge is 0.352 e. The van der Waals surface area contributed by atoms with Gasteiger partial charge in [0.15, 0.2) is 11.5 Å². The third-order valence-corrected chi connectivity index (χ3v) is 3.37. The van der Waals surface area contributed by atoms with E-state index in [1.54, 1.807) is 0 Å². The van der Waals surface area contributed by atoms with Crippen molar-refractivity contribution < 1.29 is 9.47 Å². The zero-order valence-electron chi connectivity index (χ0n) is 9.72. The van der Waals surface area contributed by atoms with E-state index in [1.165, 1.54) is 11.1 Å². The fourth-order valence-corrected chi connectivity index (χ4v) is 2.48. The highest BCUT2D eigenvalue weighted by Gasteiger charge is 2.38. The number of fused-ring (bicyclic) bond motifs is 2. The van der Waals surface area contributed by atoms with Gasteiger partial charge in [0.05, 0.1) is 0 Å². The minimum Gasteiger partial charge on any atom is -0.440 e. The Labute approximate surface area is 105 Å². The van der Waals surface area contributed by atoms with Crippen molar-refractivity contribution in [3.8, 4) is 11.5 Å². The van der Waals surface area contributed by atoms with Crippen molar-refractivity contribution in [1.82, 2.24) is 5.32 Å². The summed E-state index contributed by atoms with van der Waals surface area (Å²) in [7, 11) is 0. The molecule has 2 aliphatic heterocycles. The maximum absolute atomic E-state index is 5.78. The first-order valence-corrected chi connectivity index (χ1v) is 6.04. The molecule has 4 rings (SSSR count). The highest BCUT2D eigenvalue weighted by Crippen LogP contribution is 2.43. The standard InChI is InChI=1S/C15H12NO2/c1-2-6-11-10(5-1)9-16-14(11)15-17-12-7-3-4-8-13(12)18-15/h1-8,14,16H,9H2. The first kappa shape index (κ1) is 9.97. The fraction of sp³-hybridized carbons (Fsp3) is 0.133. The van der Waals surface area contributed by atoms with Crippen LogP contribution >= 0.6 is 0 Å². The third-order valence-electron chi connectivity index (χ3n) is 3.37. The summed E-state index contributed by atoms with van der Waals surface area (Å²) in [4.78, 5) is 0. The van der Waals surface area contributed by atoms with Gasteiger partial charge in [-0.25, -0.2) is 0 Å². The summed E-state index contributed by atoms with van der Waals surface area (Å²) in [6.07, 6.45) is 0.626. The van der Waals surface area contributed by atoms with E-state index < -0.39 is 0 Å². The summed E-state index contributed by atoms with van der Waals surface area (Å²) < 4.78 is 11.6. The molecule has 18 heavy (non-hydrogen) atoms. The molecule has 2 aromatic carbocycles. The van der Waals surface area contributed by atoms with Crippen molar-refractivity contribution in [1.29, 1.82) is 0 Å². The third kappa shape index (κ3) is 1.41. The van der Waals surface area contributed by atoms with Crippen LogP contribution in [-0.4, -0.2) is 0 Å². The van der Waals surface area contributed by atoms with E-state index in [9.17, 15) is 0 Å². The normalized spacial score (nSPS) is 21.0. The Hall–Kier alpha value is -2.00. The number of hydrogen-bond acceptors (Lipinski definition) is 3. The molecule has 1 radical (unpaired) electrons. The largest absolute Gasteiger partial charge is 0.440 e. The second-order valence-electron chi connectivity index (χ2n) is 4.48. The van der Waals surface area contributed by atoms with Gasteiger partial charge in [0.2, 0.25) is 0 Å². The Morgan fingerprint density at radius 2 is 1.56 bits per heavy atom. The minimum atomic E-state index is 0.0219. The van der Waals surface area contributed by atoms with E-state index in [4.69, 9.17) is 9.47 Å². The van der Waals surface area contributed by atoms with Gasteiger partial charge in [-0.3, -0.25) is 5.32 Å². The highest BCUT2D eigenvalue weighted by atomic mass is 16.7. The number of nitrogens with one attached hydrogen (secondary N) is 1. The summed E-state index contributed by atoms with van der Waals surface area (Å²) in [6, 6.07) is 16.1. The Morgan fingerprint density at radius 3 is 2.33 bits per heavy atom. The van der Waals surface area contributed by atoms with Crippen LogP contribution in [0.2, 0.25) is 0 Å². The molecule has 0 amide bonds. The molecule has 2 aromatic rings. The molecular weight excluding hydrogens is 226 g/mol. The summed E-state index contributed by atoms with van der Waals surface area (Å²) in [5.41, 5.74) is 2.54. The van der Waals surface area contributed by atoms with Crippen LogP contribution in [0.1, 0.15) is 17.2 Å². The average molecular weight is 238 g/mol. The average Bonchev–Trinajstić information content (AvgIpc) is 3.02. The van der Waals surface area contributed by atoms with E-state index in [0.29, 0.717) is 6.29 Å². The van der Waals surface area contributed by atoms with Crippen molar-refractivity contribution in [2.75, 3.05) is 0 Å². The fourth-order valence-electron chi connectivity index (χ4n) is 2.48. The van der Waals surface area contributed by atoms with E-state index in [1.807, 2.05) is 30.3 Å². The summed E-state index contributed by atoms with van der Waals surface area (Å²) >= 11 is 0. The first-order chi connectivity index (χ1) is 8.92. The Kier molecular flexibility index (Phi) is 2.08. The SMILES string of the molecule is c1ccc2c(c1)CNC2[C]1Oc2ccccc2O1. The van der Waals surface area contributed by atoms with Crippen molar-refractivity contribution in [3.05, 3.63) is 65.9 Å². The topological polar surface area (TPSA) is 30.5 Å². The van der Waals surface area contributed by atoms with Crippen LogP contribution in [0.3, 0.4) is 0 Å². The lowest BCUT2D eigenvalue weighted by molar-refractivity contribution is 0.135. The predicted octanol–water partition coefficient (Wildman–Crippen LogP) is 2.79. The molecule has 1 atom stereocenters. The molecule has 0 bridgehead atoms. The predicted molar refractivity (Wildman–Crippen MR) is 67.0 cm³/mol. The Balaban J connectivity index is 1.65. The van der Waals surface area contributed by atoms with Gasteiger partial charge in [0.25, 0.3) is 0 Å².